The summed E-state index contributed by atoms with van der Waals surface area (Å²) in [5.74, 6) is 3.08. The maximum absolute atomic E-state index is 6.32. The Morgan fingerprint density at radius 2 is 1.47 bits per heavy atom. The van der Waals surface area contributed by atoms with E-state index in [0.717, 1.165) is 17.8 Å². The Morgan fingerprint density at radius 1 is 0.882 bits per heavy atom. The van der Waals surface area contributed by atoms with Gasteiger partial charge in [-0.2, -0.15) is 0 Å². The van der Waals surface area contributed by atoms with Gasteiger partial charge in [-0.25, -0.2) is 0 Å². The Kier molecular flexibility index (Phi) is 5.34. The summed E-state index contributed by atoms with van der Waals surface area (Å²) in [6.45, 7) is 2.28. The second kappa shape index (κ2) is 6.78. The zero-order valence-electron chi connectivity index (χ0n) is 11.7. The van der Waals surface area contributed by atoms with Gasteiger partial charge in [0.05, 0.1) is 0 Å². The maximum Gasteiger partial charge on any atom is 0.00673 e. The van der Waals surface area contributed by atoms with Gasteiger partial charge in [0, 0.05) is 6.04 Å². The molecule has 2 aliphatic rings. The largest absolute Gasteiger partial charge is 0.327 e. The van der Waals surface area contributed by atoms with Crippen LogP contribution in [0, 0.1) is 17.8 Å². The predicted molar refractivity (Wildman–Crippen MR) is 74.9 cm³/mol. The third-order valence-corrected chi connectivity index (χ3v) is 5.03. The first-order valence-electron chi connectivity index (χ1n) is 8.06. The van der Waals surface area contributed by atoms with Crippen molar-refractivity contribution in [1.29, 1.82) is 0 Å². The van der Waals surface area contributed by atoms with Gasteiger partial charge >= 0.3 is 0 Å². The van der Waals surface area contributed by atoms with Crippen molar-refractivity contribution < 1.29 is 0 Å². The van der Waals surface area contributed by atoms with Crippen LogP contribution in [0.25, 0.3) is 0 Å². The molecule has 2 fully saturated rings. The summed E-state index contributed by atoms with van der Waals surface area (Å²) in [4.78, 5) is 0. The molecule has 17 heavy (non-hydrogen) atoms. The Labute approximate surface area is 108 Å². The smallest absolute Gasteiger partial charge is 0.00673 e. The molecule has 3 unspecified atom stereocenters. The maximum atomic E-state index is 6.32. The van der Waals surface area contributed by atoms with Crippen molar-refractivity contribution in [3.63, 3.8) is 0 Å². The standard InChI is InChI=1S/C16H31N/c1-2-3-4-5-6-7-8-9-16(17)15-11-13-10-14(13)12-15/h13-16H,2-12,17H2,1H3. The molecular formula is C16H31N. The highest BCUT2D eigenvalue weighted by atomic mass is 14.7. The molecule has 0 spiro atoms. The molecule has 2 rings (SSSR count). The molecule has 0 aromatic carbocycles. The number of hydrogen-bond acceptors (Lipinski definition) is 1. The van der Waals surface area contributed by atoms with Crippen LogP contribution in [0.4, 0.5) is 0 Å². The fourth-order valence-electron chi connectivity index (χ4n) is 3.68. The van der Waals surface area contributed by atoms with Crippen LogP contribution in [-0.4, -0.2) is 6.04 Å². The van der Waals surface area contributed by atoms with Gasteiger partial charge in [-0.15, -0.1) is 0 Å². The summed E-state index contributed by atoms with van der Waals surface area (Å²) in [7, 11) is 0. The van der Waals surface area contributed by atoms with Crippen LogP contribution in [0.2, 0.25) is 0 Å². The van der Waals surface area contributed by atoms with E-state index in [9.17, 15) is 0 Å². The average Bonchev–Trinajstić information content (AvgIpc) is 2.95. The first kappa shape index (κ1) is 13.4. The monoisotopic (exact) mass is 237 g/mol. The molecule has 0 saturated heterocycles. The van der Waals surface area contributed by atoms with E-state index < -0.39 is 0 Å². The van der Waals surface area contributed by atoms with Crippen molar-refractivity contribution in [1.82, 2.24) is 0 Å². The van der Waals surface area contributed by atoms with E-state index in [2.05, 4.69) is 6.92 Å². The summed E-state index contributed by atoms with van der Waals surface area (Å²) < 4.78 is 0. The van der Waals surface area contributed by atoms with Crippen LogP contribution in [0.5, 0.6) is 0 Å². The number of rotatable bonds is 9. The molecule has 0 aromatic heterocycles. The molecule has 1 heteroatoms. The summed E-state index contributed by atoms with van der Waals surface area (Å²) in [6, 6.07) is 0.526. The van der Waals surface area contributed by atoms with E-state index in [1.54, 1.807) is 0 Å². The van der Waals surface area contributed by atoms with Crippen LogP contribution in [0.1, 0.15) is 77.6 Å². The van der Waals surface area contributed by atoms with Gasteiger partial charge in [0.25, 0.3) is 0 Å². The highest BCUT2D eigenvalue weighted by molar-refractivity contribution is 4.98. The lowest BCUT2D eigenvalue weighted by atomic mass is 9.91. The van der Waals surface area contributed by atoms with Gasteiger partial charge in [-0.1, -0.05) is 51.9 Å². The minimum absolute atomic E-state index is 0.526. The third kappa shape index (κ3) is 4.28. The first-order valence-corrected chi connectivity index (χ1v) is 8.06. The Balaban J connectivity index is 1.42. The van der Waals surface area contributed by atoms with Gasteiger partial charge < -0.3 is 5.73 Å². The highest BCUT2D eigenvalue weighted by Crippen LogP contribution is 2.55. The van der Waals surface area contributed by atoms with Crippen LogP contribution in [-0.2, 0) is 0 Å². The van der Waals surface area contributed by atoms with Crippen LogP contribution >= 0.6 is 0 Å². The van der Waals surface area contributed by atoms with E-state index in [-0.39, 0.29) is 0 Å². The number of fused-ring (bicyclic) bond motifs is 1. The van der Waals surface area contributed by atoms with Crippen molar-refractivity contribution >= 4 is 0 Å². The van der Waals surface area contributed by atoms with Gasteiger partial charge in [0.1, 0.15) is 0 Å². The number of nitrogens with two attached hydrogens (primary N) is 1. The molecule has 0 radical (unpaired) electrons. The molecule has 3 atom stereocenters. The lowest BCUT2D eigenvalue weighted by molar-refractivity contribution is 0.366. The van der Waals surface area contributed by atoms with Gasteiger partial charge in [0.15, 0.2) is 0 Å². The Morgan fingerprint density at radius 3 is 2.12 bits per heavy atom. The Hall–Kier alpha value is -0.0400. The molecule has 0 bridgehead atoms. The lowest BCUT2D eigenvalue weighted by Crippen LogP contribution is -2.29. The Bertz CT molecular complexity index is 204. The molecule has 2 saturated carbocycles. The lowest BCUT2D eigenvalue weighted by Gasteiger charge is -2.20. The van der Waals surface area contributed by atoms with E-state index in [0.29, 0.717) is 6.04 Å². The fraction of sp³-hybridized carbons (Fsp3) is 1.00. The van der Waals surface area contributed by atoms with Crippen molar-refractivity contribution in [2.75, 3.05) is 0 Å². The molecular weight excluding hydrogens is 206 g/mol. The van der Waals surface area contributed by atoms with Crippen LogP contribution in [0.3, 0.4) is 0 Å². The van der Waals surface area contributed by atoms with Gasteiger partial charge in [0.2, 0.25) is 0 Å². The van der Waals surface area contributed by atoms with E-state index in [1.165, 1.54) is 70.6 Å². The summed E-state index contributed by atoms with van der Waals surface area (Å²) in [6.07, 6.45) is 15.6. The molecule has 0 heterocycles. The molecule has 2 aliphatic carbocycles. The minimum Gasteiger partial charge on any atom is -0.327 e. The highest BCUT2D eigenvalue weighted by Gasteiger charge is 2.46. The summed E-state index contributed by atoms with van der Waals surface area (Å²) in [5, 5.41) is 0. The number of unbranched alkanes of at least 4 members (excludes halogenated alkanes) is 6. The summed E-state index contributed by atoms with van der Waals surface area (Å²) in [5.41, 5.74) is 6.32. The van der Waals surface area contributed by atoms with E-state index in [4.69, 9.17) is 5.73 Å². The van der Waals surface area contributed by atoms with Crippen LogP contribution < -0.4 is 5.73 Å². The second-order valence-corrected chi connectivity index (χ2v) is 6.56. The predicted octanol–water partition coefficient (Wildman–Crippen LogP) is 4.50. The molecule has 0 aromatic rings. The molecule has 0 amide bonds. The van der Waals surface area contributed by atoms with Gasteiger partial charge in [-0.3, -0.25) is 0 Å². The second-order valence-electron chi connectivity index (χ2n) is 6.56. The topological polar surface area (TPSA) is 26.0 Å². The van der Waals surface area contributed by atoms with Crippen molar-refractivity contribution in [3.05, 3.63) is 0 Å². The molecule has 2 N–H and O–H groups in total. The number of hydrogen-bond donors (Lipinski definition) is 1. The average molecular weight is 237 g/mol. The van der Waals surface area contributed by atoms with E-state index >= 15 is 0 Å². The van der Waals surface area contributed by atoms with Crippen molar-refractivity contribution in [2.45, 2.75) is 83.6 Å². The molecule has 1 nitrogen and oxygen atoms in total. The zero-order valence-corrected chi connectivity index (χ0v) is 11.7. The third-order valence-electron chi connectivity index (χ3n) is 5.03. The fourth-order valence-corrected chi connectivity index (χ4v) is 3.68. The van der Waals surface area contributed by atoms with E-state index in [1.807, 2.05) is 0 Å². The first-order chi connectivity index (χ1) is 8.31. The molecule has 100 valence electrons. The summed E-state index contributed by atoms with van der Waals surface area (Å²) >= 11 is 0. The van der Waals surface area contributed by atoms with Gasteiger partial charge in [-0.05, 0) is 43.4 Å². The van der Waals surface area contributed by atoms with Crippen molar-refractivity contribution in [2.24, 2.45) is 23.5 Å². The SMILES string of the molecule is CCCCCCCCCC(N)C1CC2CC2C1. The molecule has 0 aliphatic heterocycles. The van der Waals surface area contributed by atoms with Crippen molar-refractivity contribution in [3.8, 4) is 0 Å². The minimum atomic E-state index is 0.526. The zero-order chi connectivity index (χ0) is 12.1. The normalized spacial score (nSPS) is 32.5. The quantitative estimate of drug-likeness (QED) is 0.587. The van der Waals surface area contributed by atoms with Crippen LogP contribution in [0.15, 0.2) is 0 Å².